The molecule has 2 heterocycles. The molecule has 102 valence electrons. The van der Waals surface area contributed by atoms with Crippen molar-refractivity contribution in [2.45, 2.75) is 82.0 Å². The molecule has 3 fully saturated rings. The van der Waals surface area contributed by atoms with Gasteiger partial charge in [0.05, 0.1) is 12.1 Å². The fraction of sp³-hybridized carbons (Fsp3) is 0.929. The summed E-state index contributed by atoms with van der Waals surface area (Å²) in [5.41, 5.74) is 6.24. The maximum absolute atomic E-state index is 9.80. The molecule has 2 unspecified atom stereocenters. The number of fused-ring (bicyclic) bond motifs is 2. The summed E-state index contributed by atoms with van der Waals surface area (Å²) in [5.74, 6) is 0.751. The third-order valence-corrected chi connectivity index (χ3v) is 4.86. The second-order valence-corrected chi connectivity index (χ2v) is 6.20. The lowest BCUT2D eigenvalue weighted by atomic mass is 9.96. The molecular weight excluding hydrogens is 226 g/mol. The number of nitrogens with two attached hydrogens (primary N) is 1. The predicted molar refractivity (Wildman–Crippen MR) is 72.4 cm³/mol. The zero-order valence-electron chi connectivity index (χ0n) is 11.1. The quantitative estimate of drug-likeness (QED) is 0.550. The Morgan fingerprint density at radius 1 is 1.00 bits per heavy atom. The summed E-state index contributed by atoms with van der Waals surface area (Å²) in [6, 6.07) is 1.32. The van der Waals surface area contributed by atoms with E-state index in [1.165, 1.54) is 44.9 Å². The van der Waals surface area contributed by atoms with Crippen LogP contribution < -0.4 is 5.73 Å². The van der Waals surface area contributed by atoms with Gasteiger partial charge in [-0.15, -0.1) is 0 Å². The van der Waals surface area contributed by atoms with Crippen molar-refractivity contribution in [2.24, 2.45) is 10.7 Å². The molecule has 3 aliphatic rings. The molecule has 3 N–H and O–H groups in total. The number of aliphatic hydroxyl groups excluding tert-OH is 1. The molecule has 0 radical (unpaired) electrons. The largest absolute Gasteiger partial charge is 0.393 e. The van der Waals surface area contributed by atoms with Crippen LogP contribution in [0.4, 0.5) is 0 Å². The van der Waals surface area contributed by atoms with Crippen LogP contribution in [0.25, 0.3) is 0 Å². The Hall–Kier alpha value is -0.770. The van der Waals surface area contributed by atoms with E-state index in [0.29, 0.717) is 18.1 Å². The van der Waals surface area contributed by atoms with E-state index in [-0.39, 0.29) is 6.10 Å². The fourth-order valence-electron chi connectivity index (χ4n) is 3.99. The molecule has 2 bridgehead atoms. The number of hydrogen-bond donors (Lipinski definition) is 2. The Morgan fingerprint density at radius 3 is 2.22 bits per heavy atom. The van der Waals surface area contributed by atoms with E-state index in [4.69, 9.17) is 10.7 Å². The molecular formula is C14H25N3O. The molecule has 4 nitrogen and oxygen atoms in total. The van der Waals surface area contributed by atoms with Crippen molar-refractivity contribution in [2.75, 3.05) is 0 Å². The van der Waals surface area contributed by atoms with Crippen LogP contribution in [0, 0.1) is 0 Å². The molecule has 3 rings (SSSR count). The second-order valence-electron chi connectivity index (χ2n) is 6.20. The van der Waals surface area contributed by atoms with Crippen LogP contribution in [0.2, 0.25) is 0 Å². The number of guanidine groups is 1. The number of rotatable bonds is 1. The van der Waals surface area contributed by atoms with Crippen LogP contribution >= 0.6 is 0 Å². The highest BCUT2D eigenvalue weighted by Gasteiger charge is 2.41. The summed E-state index contributed by atoms with van der Waals surface area (Å²) in [7, 11) is 0. The van der Waals surface area contributed by atoms with Crippen molar-refractivity contribution in [3.8, 4) is 0 Å². The van der Waals surface area contributed by atoms with Crippen LogP contribution in [-0.2, 0) is 0 Å². The first-order chi connectivity index (χ1) is 8.74. The minimum Gasteiger partial charge on any atom is -0.393 e. The Morgan fingerprint density at radius 2 is 1.61 bits per heavy atom. The highest BCUT2D eigenvalue weighted by atomic mass is 16.3. The normalized spacial score (nSPS) is 38.2. The Labute approximate surface area is 109 Å². The van der Waals surface area contributed by atoms with E-state index in [1.807, 2.05) is 0 Å². The lowest BCUT2D eigenvalue weighted by Gasteiger charge is -2.38. The molecule has 0 aromatic carbocycles. The van der Waals surface area contributed by atoms with Crippen LogP contribution in [0.5, 0.6) is 0 Å². The van der Waals surface area contributed by atoms with Crippen LogP contribution in [0.15, 0.2) is 4.99 Å². The fourth-order valence-corrected chi connectivity index (χ4v) is 3.99. The third kappa shape index (κ3) is 2.35. The van der Waals surface area contributed by atoms with Crippen molar-refractivity contribution in [1.29, 1.82) is 0 Å². The maximum Gasteiger partial charge on any atom is 0.192 e. The zero-order chi connectivity index (χ0) is 12.5. The summed E-state index contributed by atoms with van der Waals surface area (Å²) >= 11 is 0. The van der Waals surface area contributed by atoms with Gasteiger partial charge in [0.2, 0.25) is 0 Å². The van der Waals surface area contributed by atoms with Gasteiger partial charge in [0, 0.05) is 12.1 Å². The van der Waals surface area contributed by atoms with Crippen molar-refractivity contribution in [3.63, 3.8) is 0 Å². The highest BCUT2D eigenvalue weighted by molar-refractivity contribution is 5.79. The summed E-state index contributed by atoms with van der Waals surface area (Å²) < 4.78 is 0. The number of aliphatic hydroxyl groups is 1. The standard InChI is InChI=1S/C14H25N3O/c15-14(16-10-4-2-1-3-5-10)17-11-6-7-12(17)9-13(18)8-11/h10-13,18H,1-9H2,(H2,15,16). The van der Waals surface area contributed by atoms with E-state index in [0.717, 1.165) is 18.8 Å². The third-order valence-electron chi connectivity index (χ3n) is 4.86. The highest BCUT2D eigenvalue weighted by Crippen LogP contribution is 2.35. The molecule has 0 amide bonds. The van der Waals surface area contributed by atoms with Crippen LogP contribution in [0.3, 0.4) is 0 Å². The molecule has 2 aliphatic heterocycles. The van der Waals surface area contributed by atoms with Crippen molar-refractivity contribution in [1.82, 2.24) is 4.90 Å². The zero-order valence-corrected chi connectivity index (χ0v) is 11.1. The van der Waals surface area contributed by atoms with Crippen molar-refractivity contribution >= 4 is 5.96 Å². The molecule has 4 heteroatoms. The molecule has 0 spiro atoms. The lowest BCUT2D eigenvalue weighted by Crippen LogP contribution is -2.51. The molecule has 0 aromatic heterocycles. The average Bonchev–Trinajstić information content (AvgIpc) is 2.63. The monoisotopic (exact) mass is 251 g/mol. The minimum absolute atomic E-state index is 0.124. The predicted octanol–water partition coefficient (Wildman–Crippen LogP) is 1.62. The summed E-state index contributed by atoms with van der Waals surface area (Å²) in [6.45, 7) is 0. The Bertz CT molecular complexity index is 311. The smallest absolute Gasteiger partial charge is 0.192 e. The van der Waals surface area contributed by atoms with E-state index in [9.17, 15) is 5.11 Å². The van der Waals surface area contributed by atoms with E-state index in [1.54, 1.807) is 0 Å². The molecule has 2 saturated heterocycles. The first-order valence-electron chi connectivity index (χ1n) is 7.53. The summed E-state index contributed by atoms with van der Waals surface area (Å²) in [5, 5.41) is 9.80. The Balaban J connectivity index is 1.68. The summed E-state index contributed by atoms with van der Waals surface area (Å²) in [4.78, 5) is 7.07. The minimum atomic E-state index is -0.124. The van der Waals surface area contributed by atoms with E-state index >= 15 is 0 Å². The lowest BCUT2D eigenvalue weighted by molar-refractivity contribution is 0.0702. The van der Waals surface area contributed by atoms with Gasteiger partial charge in [-0.2, -0.15) is 0 Å². The van der Waals surface area contributed by atoms with Crippen molar-refractivity contribution < 1.29 is 5.11 Å². The van der Waals surface area contributed by atoms with E-state index in [2.05, 4.69) is 4.90 Å². The van der Waals surface area contributed by atoms with Gasteiger partial charge in [-0.1, -0.05) is 19.3 Å². The topological polar surface area (TPSA) is 61.8 Å². The second kappa shape index (κ2) is 5.08. The SMILES string of the molecule is NC(=NC1CCCCC1)N1C2CCC1CC(O)C2. The number of hydrogen-bond acceptors (Lipinski definition) is 2. The van der Waals surface area contributed by atoms with Gasteiger partial charge in [-0.25, -0.2) is 4.99 Å². The number of aliphatic imine (C=N–C) groups is 1. The van der Waals surface area contributed by atoms with E-state index < -0.39 is 0 Å². The maximum atomic E-state index is 9.80. The van der Waals surface area contributed by atoms with Gasteiger partial charge in [0.1, 0.15) is 0 Å². The first-order valence-corrected chi connectivity index (χ1v) is 7.53. The van der Waals surface area contributed by atoms with Crippen molar-refractivity contribution in [3.05, 3.63) is 0 Å². The number of nitrogens with zero attached hydrogens (tertiary/aromatic N) is 2. The molecule has 2 atom stereocenters. The molecule has 1 saturated carbocycles. The van der Waals surface area contributed by atoms with Gasteiger partial charge in [0.25, 0.3) is 0 Å². The van der Waals surface area contributed by atoms with Gasteiger partial charge in [-0.3, -0.25) is 0 Å². The van der Waals surface area contributed by atoms with Gasteiger partial charge >= 0.3 is 0 Å². The van der Waals surface area contributed by atoms with Crippen LogP contribution in [-0.4, -0.2) is 40.2 Å². The van der Waals surface area contributed by atoms with Gasteiger partial charge < -0.3 is 15.7 Å². The van der Waals surface area contributed by atoms with Crippen LogP contribution in [0.1, 0.15) is 57.8 Å². The molecule has 0 aromatic rings. The first kappa shape index (κ1) is 12.3. The summed E-state index contributed by atoms with van der Waals surface area (Å²) in [6.07, 6.45) is 10.3. The molecule has 1 aliphatic carbocycles. The molecule has 18 heavy (non-hydrogen) atoms. The Kier molecular flexibility index (Phi) is 3.46. The van der Waals surface area contributed by atoms with Gasteiger partial charge in [0.15, 0.2) is 5.96 Å². The number of piperidine rings is 1. The average molecular weight is 251 g/mol. The van der Waals surface area contributed by atoms with Gasteiger partial charge in [-0.05, 0) is 38.5 Å².